The standard InChI is InChI=1S/C26H20F2N6O2/c1-15-19-10-11-21(20-9-8-17(14-22(20)27)33-12-3-2-7-23(33)35)24(28)25(19)34(31-15)18-6-4-5-16(13-18)26(36)30-32-29/h4-6,8-11,13-14H,2-3,7,12H2,1H3. The van der Waals surface area contributed by atoms with Crippen LogP contribution in [-0.2, 0) is 4.79 Å². The number of rotatable bonds is 4. The number of carbonyl (C=O) groups is 2. The number of anilines is 1. The van der Waals surface area contributed by atoms with Gasteiger partial charge in [-0.2, -0.15) is 5.10 Å². The predicted molar refractivity (Wildman–Crippen MR) is 131 cm³/mol. The molecular formula is C26H20F2N6O2. The van der Waals surface area contributed by atoms with Gasteiger partial charge in [0.05, 0.1) is 11.4 Å². The average Bonchev–Trinajstić information content (AvgIpc) is 3.22. The maximum Gasteiger partial charge on any atom is 0.249 e. The van der Waals surface area contributed by atoms with Crippen LogP contribution in [0.3, 0.4) is 0 Å². The minimum absolute atomic E-state index is 0.0407. The Morgan fingerprint density at radius 1 is 1.06 bits per heavy atom. The van der Waals surface area contributed by atoms with Crippen molar-refractivity contribution in [2.45, 2.75) is 26.2 Å². The lowest BCUT2D eigenvalue weighted by molar-refractivity contribution is -0.119. The van der Waals surface area contributed by atoms with Gasteiger partial charge in [-0.1, -0.05) is 24.3 Å². The Morgan fingerprint density at radius 2 is 1.86 bits per heavy atom. The highest BCUT2D eigenvalue weighted by atomic mass is 19.1. The van der Waals surface area contributed by atoms with E-state index in [-0.39, 0.29) is 28.1 Å². The lowest BCUT2D eigenvalue weighted by Gasteiger charge is -2.27. The van der Waals surface area contributed by atoms with Crippen molar-refractivity contribution in [3.05, 3.63) is 87.9 Å². The molecule has 0 radical (unpaired) electrons. The van der Waals surface area contributed by atoms with Gasteiger partial charge in [0.15, 0.2) is 5.82 Å². The Morgan fingerprint density at radius 3 is 2.61 bits per heavy atom. The number of halogens is 2. The zero-order valence-corrected chi connectivity index (χ0v) is 19.3. The number of hydrogen-bond donors (Lipinski definition) is 0. The average molecular weight is 486 g/mol. The van der Waals surface area contributed by atoms with Crippen molar-refractivity contribution in [1.29, 1.82) is 0 Å². The van der Waals surface area contributed by atoms with E-state index in [1.807, 2.05) is 0 Å². The predicted octanol–water partition coefficient (Wildman–Crippen LogP) is 6.25. The zero-order chi connectivity index (χ0) is 25.4. The van der Waals surface area contributed by atoms with Crippen LogP contribution in [0.2, 0.25) is 0 Å². The number of aryl methyl sites for hydroxylation is 1. The molecule has 4 aromatic rings. The van der Waals surface area contributed by atoms with Crippen LogP contribution in [0.1, 0.15) is 35.3 Å². The summed E-state index contributed by atoms with van der Waals surface area (Å²) in [7, 11) is 0. The summed E-state index contributed by atoms with van der Waals surface area (Å²) in [5.74, 6) is -2.15. The van der Waals surface area contributed by atoms with E-state index in [9.17, 15) is 9.59 Å². The second kappa shape index (κ2) is 9.24. The Bertz CT molecular complexity index is 1590. The topological polar surface area (TPSA) is 104 Å². The summed E-state index contributed by atoms with van der Waals surface area (Å²) in [6, 6.07) is 13.7. The van der Waals surface area contributed by atoms with E-state index in [1.165, 1.54) is 35.0 Å². The molecule has 5 rings (SSSR count). The molecule has 2 amide bonds. The molecule has 0 bridgehead atoms. The monoisotopic (exact) mass is 486 g/mol. The van der Waals surface area contributed by atoms with Crippen molar-refractivity contribution < 1.29 is 18.4 Å². The fourth-order valence-corrected chi connectivity index (χ4v) is 4.55. The Kier molecular flexibility index (Phi) is 5.95. The number of nitrogens with zero attached hydrogens (tertiary/aromatic N) is 6. The summed E-state index contributed by atoms with van der Waals surface area (Å²) in [6.07, 6.45) is 2.09. The fraction of sp³-hybridized carbons (Fsp3) is 0.192. The number of hydrogen-bond acceptors (Lipinski definition) is 3. The quantitative estimate of drug-likeness (QED) is 0.193. The van der Waals surface area contributed by atoms with Crippen LogP contribution in [-0.4, -0.2) is 28.1 Å². The van der Waals surface area contributed by atoms with E-state index < -0.39 is 17.5 Å². The lowest BCUT2D eigenvalue weighted by atomic mass is 10.0. The van der Waals surface area contributed by atoms with Crippen LogP contribution in [0.15, 0.2) is 59.7 Å². The Balaban J connectivity index is 1.61. The first-order valence-electron chi connectivity index (χ1n) is 11.4. The molecule has 1 fully saturated rings. The van der Waals surface area contributed by atoms with E-state index >= 15 is 8.78 Å². The van der Waals surface area contributed by atoms with Crippen molar-refractivity contribution in [2.75, 3.05) is 11.4 Å². The first-order valence-corrected chi connectivity index (χ1v) is 11.4. The van der Waals surface area contributed by atoms with Gasteiger partial charge in [-0.25, -0.2) is 13.5 Å². The number of piperidine rings is 1. The van der Waals surface area contributed by atoms with Gasteiger partial charge in [-0.15, -0.1) is 0 Å². The van der Waals surface area contributed by atoms with Crippen LogP contribution in [0, 0.1) is 18.6 Å². The molecule has 10 heteroatoms. The summed E-state index contributed by atoms with van der Waals surface area (Å²) in [4.78, 5) is 28.3. The maximum absolute atomic E-state index is 16.0. The third-order valence-corrected chi connectivity index (χ3v) is 6.32. The van der Waals surface area contributed by atoms with Crippen LogP contribution in [0.25, 0.3) is 38.2 Å². The highest BCUT2D eigenvalue weighted by Gasteiger charge is 2.23. The third-order valence-electron chi connectivity index (χ3n) is 6.32. The summed E-state index contributed by atoms with van der Waals surface area (Å²) in [5.41, 5.74) is 10.3. The molecule has 2 heterocycles. The van der Waals surface area contributed by atoms with E-state index in [4.69, 9.17) is 5.53 Å². The van der Waals surface area contributed by atoms with Crippen LogP contribution < -0.4 is 4.90 Å². The first kappa shape index (κ1) is 23.2. The van der Waals surface area contributed by atoms with Crippen molar-refractivity contribution in [1.82, 2.24) is 9.78 Å². The van der Waals surface area contributed by atoms with Gasteiger partial charge in [0.2, 0.25) is 11.8 Å². The molecule has 1 aromatic heterocycles. The first-order chi connectivity index (χ1) is 17.4. The molecule has 1 aliphatic heterocycles. The van der Waals surface area contributed by atoms with Gasteiger partial charge >= 0.3 is 0 Å². The van der Waals surface area contributed by atoms with E-state index in [1.54, 1.807) is 36.1 Å². The van der Waals surface area contributed by atoms with Gasteiger partial charge < -0.3 is 4.90 Å². The van der Waals surface area contributed by atoms with Crippen LogP contribution in [0.5, 0.6) is 0 Å². The summed E-state index contributed by atoms with van der Waals surface area (Å²) < 4.78 is 32.5. The number of azide groups is 1. The summed E-state index contributed by atoms with van der Waals surface area (Å²) in [5, 5.41) is 8.05. The maximum atomic E-state index is 16.0. The van der Waals surface area contributed by atoms with Gasteiger partial charge in [0.25, 0.3) is 0 Å². The molecule has 3 aromatic carbocycles. The van der Waals surface area contributed by atoms with Crippen molar-refractivity contribution in [3.8, 4) is 16.8 Å². The zero-order valence-electron chi connectivity index (χ0n) is 19.3. The van der Waals surface area contributed by atoms with Gasteiger partial charge in [-0.05, 0) is 60.7 Å². The Hall–Kier alpha value is -4.56. The molecule has 0 spiro atoms. The molecule has 1 saturated heterocycles. The minimum Gasteiger partial charge on any atom is -0.312 e. The van der Waals surface area contributed by atoms with E-state index in [2.05, 4.69) is 15.1 Å². The number of fused-ring (bicyclic) bond motifs is 1. The molecule has 1 aliphatic rings. The molecule has 0 aliphatic carbocycles. The summed E-state index contributed by atoms with van der Waals surface area (Å²) >= 11 is 0. The van der Waals surface area contributed by atoms with Crippen molar-refractivity contribution in [2.24, 2.45) is 5.11 Å². The van der Waals surface area contributed by atoms with Crippen molar-refractivity contribution >= 4 is 28.4 Å². The molecule has 8 nitrogen and oxygen atoms in total. The number of carbonyl (C=O) groups excluding carboxylic acids is 2. The van der Waals surface area contributed by atoms with Gasteiger partial charge in [0, 0.05) is 45.6 Å². The normalized spacial score (nSPS) is 13.6. The smallest absolute Gasteiger partial charge is 0.249 e. The largest absolute Gasteiger partial charge is 0.312 e. The molecular weight excluding hydrogens is 466 g/mol. The molecule has 0 saturated carbocycles. The number of benzene rings is 3. The number of aromatic nitrogens is 2. The second-order valence-corrected chi connectivity index (χ2v) is 8.53. The molecule has 0 N–H and O–H groups in total. The SMILES string of the molecule is Cc1nn(-c2cccc(C(=O)N=[N+]=[N-])c2)c2c(F)c(-c3ccc(N4CCCCC4=O)cc3F)ccc12. The lowest BCUT2D eigenvalue weighted by Crippen LogP contribution is -2.35. The minimum atomic E-state index is -0.775. The van der Waals surface area contributed by atoms with E-state index in [0.717, 1.165) is 12.8 Å². The van der Waals surface area contributed by atoms with E-state index in [0.29, 0.717) is 35.4 Å². The highest BCUT2D eigenvalue weighted by molar-refractivity contribution is 5.96. The van der Waals surface area contributed by atoms with Crippen LogP contribution >= 0.6 is 0 Å². The Labute approximate surface area is 204 Å². The molecule has 180 valence electrons. The number of amides is 2. The fourth-order valence-electron chi connectivity index (χ4n) is 4.55. The third kappa shape index (κ3) is 3.97. The van der Waals surface area contributed by atoms with Crippen molar-refractivity contribution in [3.63, 3.8) is 0 Å². The molecule has 0 unspecified atom stereocenters. The van der Waals surface area contributed by atoms with Gasteiger partial charge in [-0.3, -0.25) is 9.59 Å². The second-order valence-electron chi connectivity index (χ2n) is 8.53. The van der Waals surface area contributed by atoms with Gasteiger partial charge in [0.1, 0.15) is 11.3 Å². The highest BCUT2D eigenvalue weighted by Crippen LogP contribution is 2.35. The molecule has 0 atom stereocenters. The summed E-state index contributed by atoms with van der Waals surface area (Å²) in [6.45, 7) is 2.25. The van der Waals surface area contributed by atoms with Crippen LogP contribution in [0.4, 0.5) is 14.5 Å². The molecule has 36 heavy (non-hydrogen) atoms.